The van der Waals surface area contributed by atoms with Crippen molar-refractivity contribution in [3.05, 3.63) is 0 Å². The van der Waals surface area contributed by atoms with Crippen molar-refractivity contribution in [1.29, 1.82) is 0 Å². The maximum atomic E-state index is 11.5. The Morgan fingerprint density at radius 3 is 2.65 bits per heavy atom. The van der Waals surface area contributed by atoms with Crippen LogP contribution in [0.2, 0.25) is 0 Å². The molecule has 0 aromatic heterocycles. The molecule has 1 heterocycles. The number of aliphatic carboxylic acids is 1. The monoisotopic (exact) mass is 261 g/mol. The number of ether oxygens (including phenoxy) is 1. The third kappa shape index (κ3) is 4.35. The lowest BCUT2D eigenvalue weighted by molar-refractivity contribution is -0.165. The van der Waals surface area contributed by atoms with Crippen LogP contribution in [0, 0.1) is 5.92 Å². The van der Waals surface area contributed by atoms with Crippen LogP contribution in [0.25, 0.3) is 0 Å². The molecule has 1 aliphatic rings. The van der Waals surface area contributed by atoms with Crippen LogP contribution in [-0.4, -0.2) is 41.4 Å². The van der Waals surface area contributed by atoms with Gasteiger partial charge in [-0.1, -0.05) is 0 Å². The SMILES string of the molecule is O=C(O)CC(CS)C(=O)OC(=O)[C@@H]1CCCN1. The van der Waals surface area contributed by atoms with E-state index < -0.39 is 29.9 Å². The van der Waals surface area contributed by atoms with Crippen molar-refractivity contribution in [3.63, 3.8) is 0 Å². The second-order valence-corrected chi connectivity index (χ2v) is 4.23. The standard InChI is InChI=1S/C10H15NO5S/c12-8(13)4-6(5-17)9(14)16-10(15)7-2-1-3-11-7/h6-7,11,17H,1-5H2,(H,12,13)/t6?,7-/m0/s1. The van der Waals surface area contributed by atoms with Crippen LogP contribution in [0.5, 0.6) is 0 Å². The summed E-state index contributed by atoms with van der Waals surface area (Å²) in [7, 11) is 0. The van der Waals surface area contributed by atoms with Crippen LogP contribution in [0.4, 0.5) is 0 Å². The maximum Gasteiger partial charge on any atom is 0.330 e. The van der Waals surface area contributed by atoms with Crippen molar-refractivity contribution in [1.82, 2.24) is 5.32 Å². The number of carbonyl (C=O) groups is 3. The summed E-state index contributed by atoms with van der Waals surface area (Å²) in [6.07, 6.45) is 1.11. The number of nitrogens with one attached hydrogen (secondary N) is 1. The fraction of sp³-hybridized carbons (Fsp3) is 0.700. The van der Waals surface area contributed by atoms with Gasteiger partial charge in [-0.15, -0.1) is 0 Å². The van der Waals surface area contributed by atoms with Gasteiger partial charge >= 0.3 is 17.9 Å². The van der Waals surface area contributed by atoms with Gasteiger partial charge in [-0.25, -0.2) is 4.79 Å². The first-order chi connectivity index (χ1) is 8.04. The topological polar surface area (TPSA) is 92.7 Å². The Kier molecular flexibility index (Phi) is 5.43. The number of carboxylic acid groups (broad SMARTS) is 1. The lowest BCUT2D eigenvalue weighted by atomic mass is 10.1. The van der Waals surface area contributed by atoms with E-state index in [0.717, 1.165) is 13.0 Å². The second-order valence-electron chi connectivity index (χ2n) is 3.87. The number of thiol groups is 1. The Hall–Kier alpha value is -1.08. The number of rotatable bonds is 5. The Morgan fingerprint density at radius 1 is 1.47 bits per heavy atom. The van der Waals surface area contributed by atoms with Crippen LogP contribution in [0.3, 0.4) is 0 Å². The highest BCUT2D eigenvalue weighted by atomic mass is 32.1. The van der Waals surface area contributed by atoms with Gasteiger partial charge in [0.2, 0.25) is 0 Å². The van der Waals surface area contributed by atoms with Gasteiger partial charge in [0.05, 0.1) is 12.3 Å². The summed E-state index contributed by atoms with van der Waals surface area (Å²) in [5, 5.41) is 11.5. The van der Waals surface area contributed by atoms with Crippen LogP contribution in [-0.2, 0) is 19.1 Å². The molecule has 1 saturated heterocycles. The van der Waals surface area contributed by atoms with Gasteiger partial charge < -0.3 is 15.2 Å². The van der Waals surface area contributed by atoms with Gasteiger partial charge in [-0.3, -0.25) is 9.59 Å². The van der Waals surface area contributed by atoms with E-state index in [4.69, 9.17) is 5.11 Å². The molecule has 96 valence electrons. The third-order valence-electron chi connectivity index (χ3n) is 2.52. The van der Waals surface area contributed by atoms with Gasteiger partial charge in [0.1, 0.15) is 6.04 Å². The summed E-state index contributed by atoms with van der Waals surface area (Å²) in [5.74, 6) is -3.42. The van der Waals surface area contributed by atoms with Gasteiger partial charge in [0, 0.05) is 5.75 Å². The van der Waals surface area contributed by atoms with Crippen LogP contribution in [0.15, 0.2) is 0 Å². The summed E-state index contributed by atoms with van der Waals surface area (Å²) in [5.41, 5.74) is 0. The molecule has 0 radical (unpaired) electrons. The minimum absolute atomic E-state index is 0.0382. The fourth-order valence-corrected chi connectivity index (χ4v) is 1.85. The summed E-state index contributed by atoms with van der Waals surface area (Å²) < 4.78 is 4.64. The first kappa shape index (κ1) is 14.0. The molecule has 2 atom stereocenters. The van der Waals surface area contributed by atoms with E-state index >= 15 is 0 Å². The third-order valence-corrected chi connectivity index (χ3v) is 2.96. The normalized spacial score (nSPS) is 20.9. The number of carbonyl (C=O) groups excluding carboxylic acids is 2. The smallest absolute Gasteiger partial charge is 0.330 e. The van der Waals surface area contributed by atoms with Gasteiger partial charge in [-0.05, 0) is 19.4 Å². The second kappa shape index (κ2) is 6.61. The van der Waals surface area contributed by atoms with E-state index in [9.17, 15) is 14.4 Å². The number of hydrogen-bond donors (Lipinski definition) is 3. The van der Waals surface area contributed by atoms with Crippen molar-refractivity contribution in [2.75, 3.05) is 12.3 Å². The highest BCUT2D eigenvalue weighted by Crippen LogP contribution is 2.11. The summed E-state index contributed by atoms with van der Waals surface area (Å²) >= 11 is 3.87. The first-order valence-corrected chi connectivity index (χ1v) is 5.99. The molecule has 0 bridgehead atoms. The molecule has 7 heteroatoms. The molecule has 0 aromatic carbocycles. The van der Waals surface area contributed by atoms with E-state index in [1.165, 1.54) is 0 Å². The van der Waals surface area contributed by atoms with Gasteiger partial charge in [0.25, 0.3) is 0 Å². The summed E-state index contributed by atoms with van der Waals surface area (Å²) in [6, 6.07) is -0.454. The van der Waals surface area contributed by atoms with Crippen molar-refractivity contribution < 1.29 is 24.2 Å². The minimum atomic E-state index is -1.12. The maximum absolute atomic E-state index is 11.5. The molecule has 0 amide bonds. The summed E-state index contributed by atoms with van der Waals surface area (Å²) in [4.78, 5) is 33.5. The van der Waals surface area contributed by atoms with E-state index in [2.05, 4.69) is 22.7 Å². The quantitative estimate of drug-likeness (QED) is 0.361. The van der Waals surface area contributed by atoms with Crippen molar-refractivity contribution in [2.24, 2.45) is 5.92 Å². The van der Waals surface area contributed by atoms with Gasteiger partial charge in [0.15, 0.2) is 0 Å². The fourth-order valence-electron chi connectivity index (χ4n) is 1.57. The molecular formula is C10H15NO5S. The molecule has 1 aliphatic heterocycles. The van der Waals surface area contributed by atoms with Gasteiger partial charge in [-0.2, -0.15) is 12.6 Å². The average Bonchev–Trinajstić information content (AvgIpc) is 2.78. The lowest BCUT2D eigenvalue weighted by Gasteiger charge is -2.13. The Balaban J connectivity index is 2.45. The Morgan fingerprint density at radius 2 is 2.18 bits per heavy atom. The zero-order valence-corrected chi connectivity index (χ0v) is 10.1. The predicted octanol–water partition coefficient (Wildman–Crippen LogP) is -0.171. The highest BCUT2D eigenvalue weighted by molar-refractivity contribution is 7.80. The Labute approximate surface area is 104 Å². The van der Waals surface area contributed by atoms with Crippen LogP contribution >= 0.6 is 12.6 Å². The van der Waals surface area contributed by atoms with Crippen molar-refractivity contribution in [2.45, 2.75) is 25.3 Å². The minimum Gasteiger partial charge on any atom is -0.481 e. The Bertz CT molecular complexity index is 314. The van der Waals surface area contributed by atoms with Crippen LogP contribution in [0.1, 0.15) is 19.3 Å². The first-order valence-electron chi connectivity index (χ1n) is 5.36. The lowest BCUT2D eigenvalue weighted by Crippen LogP contribution is -2.36. The largest absolute Gasteiger partial charge is 0.481 e. The molecule has 0 saturated carbocycles. The molecule has 1 fully saturated rings. The molecular weight excluding hydrogens is 246 g/mol. The zero-order chi connectivity index (χ0) is 12.8. The van der Waals surface area contributed by atoms with E-state index in [1.807, 2.05) is 0 Å². The molecule has 1 unspecified atom stereocenters. The highest BCUT2D eigenvalue weighted by Gasteiger charge is 2.29. The molecule has 0 aromatic rings. The molecule has 17 heavy (non-hydrogen) atoms. The van der Waals surface area contributed by atoms with E-state index in [-0.39, 0.29) is 12.2 Å². The van der Waals surface area contributed by atoms with Crippen LogP contribution < -0.4 is 5.32 Å². The predicted molar refractivity (Wildman–Crippen MR) is 61.7 cm³/mol. The molecule has 0 spiro atoms. The average molecular weight is 261 g/mol. The van der Waals surface area contributed by atoms with E-state index in [1.54, 1.807) is 0 Å². The van der Waals surface area contributed by atoms with E-state index in [0.29, 0.717) is 6.42 Å². The molecule has 0 aliphatic carbocycles. The molecule has 2 N–H and O–H groups in total. The number of hydrogen-bond acceptors (Lipinski definition) is 6. The van der Waals surface area contributed by atoms with Crippen molar-refractivity contribution in [3.8, 4) is 0 Å². The van der Waals surface area contributed by atoms with Crippen molar-refractivity contribution >= 4 is 30.5 Å². The number of esters is 2. The summed E-state index contributed by atoms with van der Waals surface area (Å²) in [6.45, 7) is 0.721. The molecule has 6 nitrogen and oxygen atoms in total. The molecule has 1 rings (SSSR count). The number of carboxylic acids is 1. The zero-order valence-electron chi connectivity index (χ0n) is 9.22.